The molecule has 0 radical (unpaired) electrons. The van der Waals surface area contributed by atoms with Crippen molar-refractivity contribution in [3.8, 4) is 22.3 Å². The van der Waals surface area contributed by atoms with Gasteiger partial charge in [-0.2, -0.15) is 0 Å². The lowest BCUT2D eigenvalue weighted by Crippen LogP contribution is -2.07. The van der Waals surface area contributed by atoms with Crippen LogP contribution < -0.4 is 0 Å². The van der Waals surface area contributed by atoms with Crippen LogP contribution in [0.15, 0.2) is 84.9 Å². The van der Waals surface area contributed by atoms with Crippen LogP contribution in [0.2, 0.25) is 0 Å². The fourth-order valence-electron chi connectivity index (χ4n) is 5.65. The van der Waals surface area contributed by atoms with Crippen LogP contribution in [0, 0.1) is 5.92 Å². The molecule has 0 spiro atoms. The summed E-state index contributed by atoms with van der Waals surface area (Å²) in [6, 6.07) is 31.6. The maximum absolute atomic E-state index is 2.42. The Morgan fingerprint density at radius 2 is 0.967 bits per heavy atom. The molecule has 0 heterocycles. The first-order chi connectivity index (χ1) is 14.8. The van der Waals surface area contributed by atoms with Crippen LogP contribution in [0.4, 0.5) is 0 Å². The third kappa shape index (κ3) is 2.82. The van der Waals surface area contributed by atoms with Crippen LogP contribution in [-0.4, -0.2) is 0 Å². The topological polar surface area (TPSA) is 0 Å². The number of rotatable bonds is 4. The molecule has 0 bridgehead atoms. The average molecular weight is 387 g/mol. The van der Waals surface area contributed by atoms with Crippen LogP contribution in [-0.2, 0) is 25.7 Å². The van der Waals surface area contributed by atoms with Gasteiger partial charge in [0.25, 0.3) is 0 Å². The Balaban J connectivity index is 1.26. The Hall–Kier alpha value is -3.12. The zero-order valence-corrected chi connectivity index (χ0v) is 17.5. The quantitative estimate of drug-likeness (QED) is 0.299. The molecule has 0 nitrogen and oxygen atoms in total. The zero-order chi connectivity index (χ0) is 20.1. The van der Waals surface area contributed by atoms with Crippen molar-refractivity contribution in [1.29, 1.82) is 0 Å². The van der Waals surface area contributed by atoms with E-state index in [4.69, 9.17) is 0 Å². The largest absolute Gasteiger partial charge is 0.0619 e. The van der Waals surface area contributed by atoms with Gasteiger partial charge in [0.05, 0.1) is 0 Å². The highest BCUT2D eigenvalue weighted by Gasteiger charge is 2.23. The number of hydrogen-bond donors (Lipinski definition) is 0. The summed E-state index contributed by atoms with van der Waals surface area (Å²) in [7, 11) is 0. The van der Waals surface area contributed by atoms with Crippen molar-refractivity contribution in [2.24, 2.45) is 5.92 Å². The molecule has 146 valence electrons. The van der Waals surface area contributed by atoms with Crippen LogP contribution in [0.1, 0.15) is 40.3 Å². The fraction of sp³-hybridized carbons (Fsp3) is 0.200. The highest BCUT2D eigenvalue weighted by molar-refractivity contribution is 5.79. The smallest absolute Gasteiger partial charge is 0.00107 e. The Morgan fingerprint density at radius 1 is 0.533 bits per heavy atom. The monoisotopic (exact) mass is 386 g/mol. The van der Waals surface area contributed by atoms with Gasteiger partial charge in [0, 0.05) is 0 Å². The van der Waals surface area contributed by atoms with E-state index >= 15 is 0 Å². The molecule has 0 atom stereocenters. The Kier molecular flexibility index (Phi) is 4.13. The Labute approximate surface area is 179 Å². The Morgan fingerprint density at radius 3 is 1.47 bits per heavy atom. The van der Waals surface area contributed by atoms with E-state index in [-0.39, 0.29) is 0 Å². The minimum absolute atomic E-state index is 0.621. The first-order valence-electron chi connectivity index (χ1n) is 11.2. The summed E-state index contributed by atoms with van der Waals surface area (Å²) in [6.45, 7) is 2.42. The highest BCUT2D eigenvalue weighted by atomic mass is 14.3. The minimum Gasteiger partial charge on any atom is -0.0619 e. The second-order valence-electron chi connectivity index (χ2n) is 9.07. The van der Waals surface area contributed by atoms with Crippen LogP contribution in [0.5, 0.6) is 0 Å². The fourth-order valence-corrected chi connectivity index (χ4v) is 5.65. The van der Waals surface area contributed by atoms with Gasteiger partial charge in [-0.3, -0.25) is 0 Å². The third-order valence-corrected chi connectivity index (χ3v) is 7.03. The van der Waals surface area contributed by atoms with E-state index in [2.05, 4.69) is 91.9 Å². The Bertz CT molecular complexity index is 1160. The van der Waals surface area contributed by atoms with E-state index in [9.17, 15) is 0 Å². The average Bonchev–Trinajstić information content (AvgIpc) is 3.34. The molecule has 4 aromatic carbocycles. The summed E-state index contributed by atoms with van der Waals surface area (Å²) in [5.74, 6) is 0.621. The third-order valence-electron chi connectivity index (χ3n) is 7.03. The van der Waals surface area contributed by atoms with Gasteiger partial charge < -0.3 is 0 Å². The van der Waals surface area contributed by atoms with Crippen molar-refractivity contribution >= 4 is 0 Å². The van der Waals surface area contributed by atoms with Crippen LogP contribution in [0.3, 0.4) is 0 Å². The standard InChI is InChI=1S/C30H26/c1-20(16-21-10-6-14-27-25-12-4-2-8-23(25)18-29(21)27)17-22-11-7-15-28-26-13-5-3-9-24(26)19-30(22)28/h2-15,20H,16-19H2,1H3. The van der Waals surface area contributed by atoms with Crippen molar-refractivity contribution in [2.45, 2.75) is 32.6 Å². The molecule has 0 aliphatic heterocycles. The molecule has 0 fully saturated rings. The lowest BCUT2D eigenvalue weighted by molar-refractivity contribution is 0.573. The van der Waals surface area contributed by atoms with Crippen molar-refractivity contribution in [1.82, 2.24) is 0 Å². The molecule has 0 heteroatoms. The van der Waals surface area contributed by atoms with Gasteiger partial charge in [0.15, 0.2) is 0 Å². The molecule has 30 heavy (non-hydrogen) atoms. The maximum atomic E-state index is 2.42. The lowest BCUT2D eigenvalue weighted by Gasteiger charge is -2.17. The predicted octanol–water partition coefficient (Wildman–Crippen LogP) is 7.25. The van der Waals surface area contributed by atoms with E-state index in [1.165, 1.54) is 44.5 Å². The van der Waals surface area contributed by atoms with E-state index < -0.39 is 0 Å². The van der Waals surface area contributed by atoms with Gasteiger partial charge in [-0.15, -0.1) is 0 Å². The first-order valence-corrected chi connectivity index (χ1v) is 11.2. The summed E-state index contributed by atoms with van der Waals surface area (Å²) < 4.78 is 0. The summed E-state index contributed by atoms with van der Waals surface area (Å²) in [6.07, 6.45) is 4.47. The molecular weight excluding hydrogens is 360 g/mol. The molecule has 0 N–H and O–H groups in total. The van der Waals surface area contributed by atoms with E-state index in [0.717, 1.165) is 25.7 Å². The number of hydrogen-bond acceptors (Lipinski definition) is 0. The summed E-state index contributed by atoms with van der Waals surface area (Å²) in [5, 5.41) is 0. The van der Waals surface area contributed by atoms with Gasteiger partial charge >= 0.3 is 0 Å². The molecule has 2 aliphatic carbocycles. The molecule has 0 saturated heterocycles. The second kappa shape index (κ2) is 6.99. The predicted molar refractivity (Wildman–Crippen MR) is 126 cm³/mol. The van der Waals surface area contributed by atoms with E-state index in [1.54, 1.807) is 11.1 Å². The van der Waals surface area contributed by atoms with Crippen molar-refractivity contribution in [3.05, 3.63) is 118 Å². The van der Waals surface area contributed by atoms with E-state index in [0.29, 0.717) is 5.92 Å². The molecular formula is C30H26. The molecule has 0 saturated carbocycles. The molecule has 0 unspecified atom stereocenters. The van der Waals surface area contributed by atoms with Crippen LogP contribution in [0.25, 0.3) is 22.3 Å². The van der Waals surface area contributed by atoms with Crippen LogP contribution >= 0.6 is 0 Å². The lowest BCUT2D eigenvalue weighted by atomic mass is 9.88. The van der Waals surface area contributed by atoms with E-state index in [1.807, 2.05) is 0 Å². The summed E-state index contributed by atoms with van der Waals surface area (Å²) >= 11 is 0. The highest BCUT2D eigenvalue weighted by Crippen LogP contribution is 2.40. The maximum Gasteiger partial charge on any atom is -0.00107 e. The molecule has 2 aliphatic rings. The molecule has 0 aromatic heterocycles. The molecule has 0 amide bonds. The molecule has 6 rings (SSSR count). The van der Waals surface area contributed by atoms with Gasteiger partial charge in [0.2, 0.25) is 0 Å². The van der Waals surface area contributed by atoms with Gasteiger partial charge in [-0.05, 0) is 87.2 Å². The van der Waals surface area contributed by atoms with Gasteiger partial charge in [-0.1, -0.05) is 91.9 Å². The zero-order valence-electron chi connectivity index (χ0n) is 17.5. The van der Waals surface area contributed by atoms with Crippen molar-refractivity contribution < 1.29 is 0 Å². The van der Waals surface area contributed by atoms with Gasteiger partial charge in [-0.25, -0.2) is 0 Å². The minimum atomic E-state index is 0.621. The normalized spacial score (nSPS) is 13.1. The molecule has 4 aromatic rings. The number of fused-ring (bicyclic) bond motifs is 6. The van der Waals surface area contributed by atoms with Gasteiger partial charge in [0.1, 0.15) is 0 Å². The SMILES string of the molecule is CC(Cc1cccc2c1Cc1ccccc1-2)Cc1cccc2c1Cc1ccccc1-2. The second-order valence-corrected chi connectivity index (χ2v) is 9.07. The first kappa shape index (κ1) is 17.7. The van der Waals surface area contributed by atoms with Crippen molar-refractivity contribution in [2.75, 3.05) is 0 Å². The summed E-state index contributed by atoms with van der Waals surface area (Å²) in [4.78, 5) is 0. The number of benzene rings is 4. The summed E-state index contributed by atoms with van der Waals surface area (Å²) in [5.41, 5.74) is 14.9. The van der Waals surface area contributed by atoms with Crippen molar-refractivity contribution in [3.63, 3.8) is 0 Å².